The van der Waals surface area contributed by atoms with Gasteiger partial charge in [0, 0.05) is 50.7 Å². The first-order valence-electron chi connectivity index (χ1n) is 12.6. The van der Waals surface area contributed by atoms with Crippen LogP contribution < -0.4 is 4.90 Å². The minimum absolute atomic E-state index is 0.0605. The number of likely N-dealkylation sites (tertiary alicyclic amines) is 1. The summed E-state index contributed by atoms with van der Waals surface area (Å²) in [6, 6.07) is 5.23. The highest BCUT2D eigenvalue weighted by Crippen LogP contribution is 2.33. The predicted molar refractivity (Wildman–Crippen MR) is 129 cm³/mol. The van der Waals surface area contributed by atoms with Crippen molar-refractivity contribution in [3.05, 3.63) is 23.8 Å². The lowest BCUT2D eigenvalue weighted by Gasteiger charge is -2.34. The maximum Gasteiger partial charge on any atom is 0.243 e. The number of amides is 2. The summed E-state index contributed by atoms with van der Waals surface area (Å²) in [6.07, 6.45) is 9.21. The average Bonchev–Trinajstić information content (AvgIpc) is 3.06. The fraction of sp³-hybridized carbons (Fsp3) is 0.680. The molecular formula is C25H37N3O4S. The smallest absolute Gasteiger partial charge is 0.243 e. The van der Waals surface area contributed by atoms with Gasteiger partial charge in [-0.1, -0.05) is 26.2 Å². The molecule has 2 saturated heterocycles. The Morgan fingerprint density at radius 1 is 0.909 bits per heavy atom. The number of carbonyl (C=O) groups is 2. The summed E-state index contributed by atoms with van der Waals surface area (Å²) in [5.41, 5.74) is 1.68. The number of anilines is 1. The fourth-order valence-corrected chi connectivity index (χ4v) is 7.28. The largest absolute Gasteiger partial charge is 0.343 e. The number of piperidine rings is 1. The molecule has 0 spiro atoms. The summed E-state index contributed by atoms with van der Waals surface area (Å²) in [5.74, 6) is 0.00716. The van der Waals surface area contributed by atoms with Crippen LogP contribution in [0.3, 0.4) is 0 Å². The molecule has 8 heteroatoms. The molecule has 1 atom stereocenters. The lowest BCUT2D eigenvalue weighted by molar-refractivity contribution is -0.133. The topological polar surface area (TPSA) is 78.0 Å². The van der Waals surface area contributed by atoms with Crippen molar-refractivity contribution in [3.63, 3.8) is 0 Å². The van der Waals surface area contributed by atoms with Crippen LogP contribution in [0.2, 0.25) is 0 Å². The second kappa shape index (κ2) is 10.6. The third kappa shape index (κ3) is 5.27. The highest BCUT2D eigenvalue weighted by molar-refractivity contribution is 7.89. The van der Waals surface area contributed by atoms with E-state index in [1.807, 2.05) is 11.8 Å². The zero-order valence-corrected chi connectivity index (χ0v) is 20.6. The van der Waals surface area contributed by atoms with Crippen LogP contribution in [0, 0.1) is 0 Å². The predicted octanol–water partition coefficient (Wildman–Crippen LogP) is 3.71. The molecule has 0 unspecified atom stereocenters. The Morgan fingerprint density at radius 2 is 1.61 bits per heavy atom. The van der Waals surface area contributed by atoms with Crippen LogP contribution in [0.15, 0.2) is 23.1 Å². The first-order chi connectivity index (χ1) is 15.9. The second-order valence-electron chi connectivity index (χ2n) is 9.55. The van der Waals surface area contributed by atoms with Gasteiger partial charge in [-0.25, -0.2) is 8.42 Å². The zero-order valence-electron chi connectivity index (χ0n) is 19.8. The fourth-order valence-electron chi connectivity index (χ4n) is 5.46. The Kier molecular flexibility index (Phi) is 7.74. The molecule has 2 fully saturated rings. The lowest BCUT2D eigenvalue weighted by atomic mass is 10.0. The Balaban J connectivity index is 1.41. The maximum absolute atomic E-state index is 13.3. The van der Waals surface area contributed by atoms with E-state index in [0.29, 0.717) is 24.4 Å². The van der Waals surface area contributed by atoms with Gasteiger partial charge in [0.1, 0.15) is 0 Å². The average molecular weight is 476 g/mol. The first kappa shape index (κ1) is 24.2. The van der Waals surface area contributed by atoms with E-state index in [4.69, 9.17) is 0 Å². The molecule has 0 aliphatic carbocycles. The van der Waals surface area contributed by atoms with Crippen molar-refractivity contribution in [2.45, 2.75) is 88.5 Å². The number of benzene rings is 1. The standard InChI is InChI=1S/C25H37N3O4S/c1-2-21-9-5-8-17-28(21)33(31,32)22-10-11-23-20(19-22)14-18-27(23)25(30)13-12-24(29)26-15-6-3-4-7-16-26/h10-11,19,21H,2-9,12-18H2,1H3/t21-/m1/s1. The minimum atomic E-state index is -3.54. The van der Waals surface area contributed by atoms with Crippen LogP contribution in [0.5, 0.6) is 0 Å². The molecule has 0 aromatic heterocycles. The summed E-state index contributed by atoms with van der Waals surface area (Å²) in [7, 11) is -3.54. The molecule has 3 heterocycles. The Labute approximate surface area is 198 Å². The molecular weight excluding hydrogens is 438 g/mol. The molecule has 0 bridgehead atoms. The van der Waals surface area contributed by atoms with E-state index in [9.17, 15) is 18.0 Å². The van der Waals surface area contributed by atoms with Gasteiger partial charge in [-0.05, 0) is 62.3 Å². The molecule has 3 aliphatic heterocycles. The van der Waals surface area contributed by atoms with Crippen molar-refractivity contribution < 1.29 is 18.0 Å². The minimum Gasteiger partial charge on any atom is -0.343 e. The van der Waals surface area contributed by atoms with Crippen LogP contribution >= 0.6 is 0 Å². The van der Waals surface area contributed by atoms with E-state index < -0.39 is 10.0 Å². The third-order valence-corrected chi connectivity index (χ3v) is 9.36. The molecule has 7 nitrogen and oxygen atoms in total. The summed E-state index contributed by atoms with van der Waals surface area (Å²) in [5, 5.41) is 0. The quantitative estimate of drug-likeness (QED) is 0.628. The van der Waals surface area contributed by atoms with E-state index in [1.165, 1.54) is 12.8 Å². The number of sulfonamides is 1. The summed E-state index contributed by atoms with van der Waals surface area (Å²) < 4.78 is 28.3. The first-order valence-corrected chi connectivity index (χ1v) is 14.1. The van der Waals surface area contributed by atoms with E-state index in [0.717, 1.165) is 62.9 Å². The van der Waals surface area contributed by atoms with Gasteiger partial charge in [0.15, 0.2) is 0 Å². The number of hydrogen-bond donors (Lipinski definition) is 0. The van der Waals surface area contributed by atoms with Gasteiger partial charge < -0.3 is 9.80 Å². The van der Waals surface area contributed by atoms with E-state index >= 15 is 0 Å². The van der Waals surface area contributed by atoms with Gasteiger partial charge in [-0.3, -0.25) is 9.59 Å². The van der Waals surface area contributed by atoms with E-state index in [-0.39, 0.29) is 30.7 Å². The molecule has 33 heavy (non-hydrogen) atoms. The molecule has 4 rings (SSSR count). The van der Waals surface area contributed by atoms with Crippen molar-refractivity contribution in [2.24, 2.45) is 0 Å². The number of carbonyl (C=O) groups excluding carboxylic acids is 2. The molecule has 182 valence electrons. The van der Waals surface area contributed by atoms with Gasteiger partial charge in [-0.15, -0.1) is 0 Å². The van der Waals surface area contributed by atoms with Crippen LogP contribution in [0.1, 0.15) is 76.7 Å². The Bertz CT molecular complexity index is 970. The number of fused-ring (bicyclic) bond motifs is 1. The molecule has 1 aromatic carbocycles. The summed E-state index contributed by atoms with van der Waals surface area (Å²) >= 11 is 0. The molecule has 3 aliphatic rings. The summed E-state index contributed by atoms with van der Waals surface area (Å²) in [4.78, 5) is 29.4. The van der Waals surface area contributed by atoms with Crippen LogP contribution in [0.25, 0.3) is 0 Å². The highest BCUT2D eigenvalue weighted by atomic mass is 32.2. The van der Waals surface area contributed by atoms with Crippen LogP contribution in [-0.4, -0.2) is 61.7 Å². The van der Waals surface area contributed by atoms with Crippen LogP contribution in [0.4, 0.5) is 5.69 Å². The molecule has 0 radical (unpaired) electrons. The van der Waals surface area contributed by atoms with Gasteiger partial charge in [0.05, 0.1) is 4.90 Å². The van der Waals surface area contributed by atoms with E-state index in [2.05, 4.69) is 0 Å². The lowest BCUT2D eigenvalue weighted by Crippen LogP contribution is -2.43. The van der Waals surface area contributed by atoms with Crippen molar-refractivity contribution >= 4 is 27.5 Å². The summed E-state index contributed by atoms with van der Waals surface area (Å²) in [6.45, 7) is 4.76. The van der Waals surface area contributed by atoms with Crippen molar-refractivity contribution in [3.8, 4) is 0 Å². The normalized spacial score (nSPS) is 22.2. The van der Waals surface area contributed by atoms with Gasteiger partial charge in [0.25, 0.3) is 0 Å². The highest BCUT2D eigenvalue weighted by Gasteiger charge is 2.34. The van der Waals surface area contributed by atoms with Gasteiger partial charge in [-0.2, -0.15) is 4.31 Å². The maximum atomic E-state index is 13.3. The monoisotopic (exact) mass is 475 g/mol. The molecule has 0 N–H and O–H groups in total. The third-order valence-electron chi connectivity index (χ3n) is 7.41. The van der Waals surface area contributed by atoms with Crippen molar-refractivity contribution in [1.82, 2.24) is 9.21 Å². The molecule has 1 aromatic rings. The van der Waals surface area contributed by atoms with Gasteiger partial charge >= 0.3 is 0 Å². The van der Waals surface area contributed by atoms with Crippen molar-refractivity contribution in [2.75, 3.05) is 31.1 Å². The second-order valence-corrected chi connectivity index (χ2v) is 11.4. The van der Waals surface area contributed by atoms with Crippen molar-refractivity contribution in [1.29, 1.82) is 0 Å². The molecule has 0 saturated carbocycles. The Hall–Kier alpha value is -1.93. The molecule has 2 amide bonds. The van der Waals surface area contributed by atoms with E-state index in [1.54, 1.807) is 27.4 Å². The van der Waals surface area contributed by atoms with Gasteiger partial charge in [0.2, 0.25) is 21.8 Å². The SMILES string of the molecule is CC[C@@H]1CCCCN1S(=O)(=O)c1ccc2c(c1)CCN2C(=O)CCC(=O)N1CCCCCC1. The number of rotatable bonds is 6. The van der Waals surface area contributed by atoms with Crippen LogP contribution in [-0.2, 0) is 26.0 Å². The Morgan fingerprint density at radius 3 is 2.33 bits per heavy atom. The number of nitrogens with zero attached hydrogens (tertiary/aromatic N) is 3. The zero-order chi connectivity index (χ0) is 23.4. The number of hydrogen-bond acceptors (Lipinski definition) is 4.